The molecule has 0 unspecified atom stereocenters. The van der Waals surface area contributed by atoms with Crippen molar-refractivity contribution in [3.63, 3.8) is 0 Å². The average molecular weight is 462 g/mol. The van der Waals surface area contributed by atoms with E-state index in [4.69, 9.17) is 14.5 Å². The number of hydrogen-bond acceptors (Lipinski definition) is 6. The minimum Gasteiger partial charge on any atom is -0.484 e. The molecule has 0 N–H and O–H groups in total. The Balaban J connectivity index is 1.19. The Hall–Kier alpha value is -3.23. The summed E-state index contributed by atoms with van der Waals surface area (Å²) < 4.78 is 13.2. The normalized spacial score (nSPS) is 18.9. The Morgan fingerprint density at radius 3 is 2.71 bits per heavy atom. The smallest absolute Gasteiger partial charge is 0.261 e. The number of pyridine rings is 1. The van der Waals surface area contributed by atoms with Crippen LogP contribution in [0.25, 0.3) is 5.82 Å². The number of carbonyl (C=O) groups is 1. The predicted molar refractivity (Wildman–Crippen MR) is 128 cm³/mol. The second-order valence-corrected chi connectivity index (χ2v) is 8.83. The van der Waals surface area contributed by atoms with E-state index in [0.717, 1.165) is 69.6 Å². The summed E-state index contributed by atoms with van der Waals surface area (Å²) >= 11 is 0. The molecule has 1 aromatic carbocycles. The molecule has 0 aliphatic carbocycles. The molecular weight excluding hydrogens is 430 g/mol. The highest BCUT2D eigenvalue weighted by atomic mass is 16.5. The van der Waals surface area contributed by atoms with E-state index in [9.17, 15) is 4.79 Å². The fraction of sp³-hybridized carbons (Fsp3) is 0.423. The maximum atomic E-state index is 13.0. The first-order valence-corrected chi connectivity index (χ1v) is 12.0. The number of ether oxygens (including phenoxy) is 2. The molecule has 1 atom stereocenters. The van der Waals surface area contributed by atoms with Crippen LogP contribution in [0.4, 0.5) is 0 Å². The number of morpholine rings is 1. The summed E-state index contributed by atoms with van der Waals surface area (Å²) in [5, 5.41) is 0. The van der Waals surface area contributed by atoms with Crippen molar-refractivity contribution in [3.8, 4) is 11.6 Å². The molecule has 2 saturated heterocycles. The van der Waals surface area contributed by atoms with Crippen LogP contribution in [0, 0.1) is 6.92 Å². The monoisotopic (exact) mass is 461 g/mol. The van der Waals surface area contributed by atoms with Gasteiger partial charge in [0.15, 0.2) is 6.61 Å². The van der Waals surface area contributed by atoms with E-state index in [1.807, 2.05) is 52.9 Å². The van der Waals surface area contributed by atoms with Crippen molar-refractivity contribution in [3.05, 3.63) is 71.9 Å². The second-order valence-electron chi connectivity index (χ2n) is 8.83. The van der Waals surface area contributed by atoms with Crippen molar-refractivity contribution in [2.75, 3.05) is 39.5 Å². The van der Waals surface area contributed by atoms with Crippen molar-refractivity contribution in [2.45, 2.75) is 32.4 Å². The van der Waals surface area contributed by atoms with Crippen molar-refractivity contribution in [1.82, 2.24) is 24.3 Å². The minimum atomic E-state index is -0.0317. The Labute approximate surface area is 200 Å². The summed E-state index contributed by atoms with van der Waals surface area (Å²) in [4.78, 5) is 26.5. The van der Waals surface area contributed by atoms with Crippen LogP contribution in [-0.2, 0) is 16.1 Å². The summed E-state index contributed by atoms with van der Waals surface area (Å²) in [5.41, 5.74) is 2.14. The van der Waals surface area contributed by atoms with Crippen LogP contribution in [0.5, 0.6) is 5.75 Å². The maximum Gasteiger partial charge on any atom is 0.261 e. The van der Waals surface area contributed by atoms with Crippen LogP contribution in [0.15, 0.2) is 54.9 Å². The number of benzene rings is 1. The minimum absolute atomic E-state index is 0.00842. The van der Waals surface area contributed by atoms with E-state index in [-0.39, 0.29) is 18.6 Å². The molecule has 0 bridgehead atoms. The van der Waals surface area contributed by atoms with E-state index < -0.39 is 0 Å². The van der Waals surface area contributed by atoms with Crippen LogP contribution < -0.4 is 4.74 Å². The fourth-order valence-electron chi connectivity index (χ4n) is 4.69. The fourth-order valence-corrected chi connectivity index (χ4v) is 4.69. The van der Waals surface area contributed by atoms with Gasteiger partial charge >= 0.3 is 0 Å². The highest BCUT2D eigenvalue weighted by Gasteiger charge is 2.31. The van der Waals surface area contributed by atoms with Crippen molar-refractivity contribution in [2.24, 2.45) is 0 Å². The zero-order valence-electron chi connectivity index (χ0n) is 19.6. The third-order valence-corrected chi connectivity index (χ3v) is 6.54. The molecule has 2 aromatic heterocycles. The van der Waals surface area contributed by atoms with Gasteiger partial charge in [-0.15, -0.1) is 0 Å². The number of rotatable bonds is 7. The molecule has 8 heteroatoms. The molecule has 2 aliphatic heterocycles. The van der Waals surface area contributed by atoms with Crippen LogP contribution in [-0.4, -0.2) is 69.7 Å². The number of imidazole rings is 1. The van der Waals surface area contributed by atoms with Gasteiger partial charge in [0.2, 0.25) is 0 Å². The Kier molecular flexibility index (Phi) is 6.87. The number of likely N-dealkylation sites (tertiary alicyclic amines) is 1. The lowest BCUT2D eigenvalue weighted by atomic mass is 10.1. The quantitative estimate of drug-likeness (QED) is 0.538. The molecule has 5 rings (SSSR count). The first kappa shape index (κ1) is 22.6. The van der Waals surface area contributed by atoms with Crippen LogP contribution in [0.1, 0.15) is 36.0 Å². The summed E-state index contributed by atoms with van der Waals surface area (Å²) in [7, 11) is 0. The van der Waals surface area contributed by atoms with Gasteiger partial charge in [0.1, 0.15) is 17.4 Å². The van der Waals surface area contributed by atoms with Gasteiger partial charge in [0.25, 0.3) is 5.91 Å². The highest BCUT2D eigenvalue weighted by Crippen LogP contribution is 2.31. The predicted octanol–water partition coefficient (Wildman–Crippen LogP) is 3.15. The van der Waals surface area contributed by atoms with Gasteiger partial charge in [-0.3, -0.25) is 14.3 Å². The van der Waals surface area contributed by atoms with E-state index in [1.165, 1.54) is 5.56 Å². The molecule has 0 radical (unpaired) electrons. The van der Waals surface area contributed by atoms with Gasteiger partial charge < -0.3 is 14.4 Å². The lowest BCUT2D eigenvalue weighted by Crippen LogP contribution is -2.35. The standard InChI is InChI=1S/C26H31N5O3/c1-20-27-11-13-30(20)25-6-2-4-23(28-25)24-5-3-12-31(24)26(32)19-34-22-9-7-21(8-10-22)18-29-14-16-33-17-15-29/h2,4,6-11,13,24H,3,5,12,14-19H2,1H3/t24-/m1/s1. The maximum absolute atomic E-state index is 13.0. The zero-order valence-corrected chi connectivity index (χ0v) is 19.6. The molecule has 0 spiro atoms. The van der Waals surface area contributed by atoms with Gasteiger partial charge in [-0.2, -0.15) is 0 Å². The Bertz CT molecular complexity index is 1110. The topological polar surface area (TPSA) is 72.7 Å². The van der Waals surface area contributed by atoms with Crippen LogP contribution >= 0.6 is 0 Å². The van der Waals surface area contributed by atoms with E-state index >= 15 is 0 Å². The largest absolute Gasteiger partial charge is 0.484 e. The molecule has 0 saturated carbocycles. The first-order valence-electron chi connectivity index (χ1n) is 12.0. The van der Waals surface area contributed by atoms with Gasteiger partial charge in [-0.25, -0.2) is 9.97 Å². The molecule has 8 nitrogen and oxygen atoms in total. The van der Waals surface area contributed by atoms with Crippen molar-refractivity contribution >= 4 is 5.91 Å². The SMILES string of the molecule is Cc1nccn1-c1cccc([C@H]2CCCN2C(=O)COc2ccc(CN3CCOCC3)cc2)n1. The molecular formula is C26H31N5O3. The number of aromatic nitrogens is 3. The number of carbonyl (C=O) groups excluding carboxylic acids is 1. The van der Waals surface area contributed by atoms with E-state index in [0.29, 0.717) is 5.75 Å². The summed E-state index contributed by atoms with van der Waals surface area (Å²) in [6.45, 7) is 7.12. The number of hydrogen-bond donors (Lipinski definition) is 0. The van der Waals surface area contributed by atoms with Gasteiger partial charge in [0.05, 0.1) is 24.9 Å². The summed E-state index contributed by atoms with van der Waals surface area (Å²) in [6.07, 6.45) is 5.53. The molecule has 178 valence electrons. The van der Waals surface area contributed by atoms with Gasteiger partial charge in [0, 0.05) is 38.6 Å². The molecule has 2 fully saturated rings. The molecule has 4 heterocycles. The molecule has 2 aliphatic rings. The molecule has 1 amide bonds. The number of amides is 1. The average Bonchev–Trinajstić information content (AvgIpc) is 3.54. The highest BCUT2D eigenvalue weighted by molar-refractivity contribution is 5.78. The van der Waals surface area contributed by atoms with Gasteiger partial charge in [-0.1, -0.05) is 18.2 Å². The second kappa shape index (κ2) is 10.4. The third kappa shape index (κ3) is 5.13. The van der Waals surface area contributed by atoms with E-state index in [1.54, 1.807) is 6.20 Å². The first-order chi connectivity index (χ1) is 16.7. The summed E-state index contributed by atoms with van der Waals surface area (Å²) in [5.74, 6) is 2.41. The Morgan fingerprint density at radius 2 is 1.94 bits per heavy atom. The van der Waals surface area contributed by atoms with Gasteiger partial charge in [-0.05, 0) is 49.6 Å². The number of nitrogens with zero attached hydrogens (tertiary/aromatic N) is 5. The number of aryl methyl sites for hydroxylation is 1. The van der Waals surface area contributed by atoms with Crippen LogP contribution in [0.3, 0.4) is 0 Å². The van der Waals surface area contributed by atoms with Crippen molar-refractivity contribution in [1.29, 1.82) is 0 Å². The Morgan fingerprint density at radius 1 is 1.12 bits per heavy atom. The summed E-state index contributed by atoms with van der Waals surface area (Å²) in [6, 6.07) is 14.0. The zero-order chi connectivity index (χ0) is 23.3. The van der Waals surface area contributed by atoms with Crippen molar-refractivity contribution < 1.29 is 14.3 Å². The lowest BCUT2D eigenvalue weighted by molar-refractivity contribution is -0.134. The van der Waals surface area contributed by atoms with E-state index in [2.05, 4.69) is 22.0 Å². The van der Waals surface area contributed by atoms with Crippen LogP contribution in [0.2, 0.25) is 0 Å². The molecule has 34 heavy (non-hydrogen) atoms. The molecule has 3 aromatic rings. The lowest BCUT2D eigenvalue weighted by Gasteiger charge is -2.26. The third-order valence-electron chi connectivity index (χ3n) is 6.54.